The first-order valence-corrected chi connectivity index (χ1v) is 5.67. The van der Waals surface area contributed by atoms with Crippen molar-refractivity contribution in [3.8, 4) is 0 Å². The summed E-state index contributed by atoms with van der Waals surface area (Å²) in [5, 5.41) is 0. The van der Waals surface area contributed by atoms with Crippen molar-refractivity contribution in [2.24, 2.45) is 5.73 Å². The molecule has 1 unspecified atom stereocenters. The van der Waals surface area contributed by atoms with Crippen LogP contribution < -0.4 is 5.73 Å². The van der Waals surface area contributed by atoms with Crippen LogP contribution in [0.25, 0.3) is 0 Å². The molecule has 0 fully saturated rings. The number of aryl methyl sites for hydroxylation is 1. The van der Waals surface area contributed by atoms with Gasteiger partial charge in [-0.1, -0.05) is 12.1 Å². The molecule has 106 valence electrons. The van der Waals surface area contributed by atoms with Crippen LogP contribution >= 0.6 is 0 Å². The van der Waals surface area contributed by atoms with E-state index in [0.717, 1.165) is 0 Å². The maximum absolute atomic E-state index is 13.8. The Hall–Kier alpha value is -1.95. The molecular weight excluding hydrogens is 277 g/mol. The average Bonchev–Trinajstić information content (AvgIpc) is 2.41. The molecule has 0 aliphatic rings. The lowest BCUT2D eigenvalue weighted by Gasteiger charge is -2.15. The Morgan fingerprint density at radius 3 is 1.95 bits per heavy atom. The summed E-state index contributed by atoms with van der Waals surface area (Å²) in [7, 11) is 0. The molecule has 2 rings (SSSR count). The zero-order chi connectivity index (χ0) is 15.0. The minimum atomic E-state index is -1.64. The van der Waals surface area contributed by atoms with Crippen LogP contribution in [0.3, 0.4) is 0 Å². The monoisotopic (exact) mass is 287 g/mol. The van der Waals surface area contributed by atoms with Crippen molar-refractivity contribution in [3.63, 3.8) is 0 Å². The van der Waals surface area contributed by atoms with E-state index in [9.17, 15) is 22.0 Å². The van der Waals surface area contributed by atoms with Crippen LogP contribution in [0.1, 0.15) is 22.7 Å². The van der Waals surface area contributed by atoms with Crippen molar-refractivity contribution in [2.75, 3.05) is 0 Å². The molecule has 0 spiro atoms. The first kappa shape index (κ1) is 14.5. The van der Waals surface area contributed by atoms with Crippen molar-refractivity contribution in [1.29, 1.82) is 0 Å². The number of nitrogens with two attached hydrogens (primary N) is 1. The van der Waals surface area contributed by atoms with Crippen LogP contribution in [-0.4, -0.2) is 0 Å². The highest BCUT2D eigenvalue weighted by Gasteiger charge is 2.21. The van der Waals surface area contributed by atoms with Crippen LogP contribution in [-0.2, 0) is 0 Å². The van der Waals surface area contributed by atoms with Gasteiger partial charge >= 0.3 is 0 Å². The highest BCUT2D eigenvalue weighted by Crippen LogP contribution is 2.27. The third-order valence-corrected chi connectivity index (χ3v) is 3.01. The van der Waals surface area contributed by atoms with Crippen LogP contribution in [0, 0.1) is 36.0 Å². The molecule has 0 radical (unpaired) electrons. The first-order chi connectivity index (χ1) is 9.32. The van der Waals surface area contributed by atoms with E-state index in [-0.39, 0.29) is 16.7 Å². The molecule has 0 aromatic heterocycles. The second-order valence-electron chi connectivity index (χ2n) is 4.38. The number of halogens is 5. The van der Waals surface area contributed by atoms with Crippen LogP contribution in [0.4, 0.5) is 22.0 Å². The van der Waals surface area contributed by atoms with Crippen molar-refractivity contribution in [3.05, 3.63) is 70.0 Å². The summed E-state index contributed by atoms with van der Waals surface area (Å²) in [4.78, 5) is 0. The number of hydrogen-bond donors (Lipinski definition) is 1. The van der Waals surface area contributed by atoms with Crippen LogP contribution in [0.5, 0.6) is 0 Å². The smallest absolute Gasteiger partial charge is 0.194 e. The predicted octanol–water partition coefficient (Wildman–Crippen LogP) is 3.74. The molecule has 1 atom stereocenters. The quantitative estimate of drug-likeness (QED) is 0.661. The van der Waals surface area contributed by atoms with Crippen molar-refractivity contribution < 1.29 is 22.0 Å². The lowest BCUT2D eigenvalue weighted by atomic mass is 9.97. The minimum Gasteiger partial charge on any atom is -0.320 e. The van der Waals surface area contributed by atoms with Gasteiger partial charge in [-0.25, -0.2) is 22.0 Å². The lowest BCUT2D eigenvalue weighted by molar-refractivity contribution is 0.443. The number of rotatable bonds is 2. The lowest BCUT2D eigenvalue weighted by Crippen LogP contribution is -2.16. The van der Waals surface area contributed by atoms with E-state index in [0.29, 0.717) is 12.1 Å². The minimum absolute atomic E-state index is 0.0786. The van der Waals surface area contributed by atoms with Gasteiger partial charge in [-0.2, -0.15) is 0 Å². The first-order valence-electron chi connectivity index (χ1n) is 5.67. The summed E-state index contributed by atoms with van der Waals surface area (Å²) in [6.45, 7) is 1.37. The van der Waals surface area contributed by atoms with Crippen LogP contribution in [0.15, 0.2) is 24.3 Å². The Morgan fingerprint density at radius 2 is 1.40 bits per heavy atom. The van der Waals surface area contributed by atoms with Gasteiger partial charge in [-0.3, -0.25) is 0 Å². The van der Waals surface area contributed by atoms with Gasteiger partial charge in [0.25, 0.3) is 0 Å². The van der Waals surface area contributed by atoms with E-state index in [1.54, 1.807) is 0 Å². The Morgan fingerprint density at radius 1 is 0.850 bits per heavy atom. The third kappa shape index (κ3) is 2.38. The molecule has 1 nitrogen and oxygen atoms in total. The third-order valence-electron chi connectivity index (χ3n) is 3.01. The number of benzene rings is 2. The highest BCUT2D eigenvalue weighted by molar-refractivity contribution is 5.35. The predicted molar refractivity (Wildman–Crippen MR) is 63.4 cm³/mol. The molecule has 0 saturated heterocycles. The maximum atomic E-state index is 13.8. The molecule has 2 aromatic carbocycles. The average molecular weight is 287 g/mol. The van der Waals surface area contributed by atoms with E-state index in [1.807, 2.05) is 0 Å². The van der Waals surface area contributed by atoms with E-state index in [2.05, 4.69) is 0 Å². The molecule has 0 amide bonds. The van der Waals surface area contributed by atoms with E-state index in [1.165, 1.54) is 19.1 Å². The van der Waals surface area contributed by atoms with Gasteiger partial charge in [0.05, 0.1) is 6.04 Å². The van der Waals surface area contributed by atoms with Crippen molar-refractivity contribution in [1.82, 2.24) is 0 Å². The molecular formula is C14H10F5N. The van der Waals surface area contributed by atoms with Crippen LogP contribution in [0.2, 0.25) is 0 Å². The van der Waals surface area contributed by atoms with Gasteiger partial charge in [-0.05, 0) is 30.2 Å². The van der Waals surface area contributed by atoms with Crippen molar-refractivity contribution in [2.45, 2.75) is 13.0 Å². The van der Waals surface area contributed by atoms with Crippen molar-refractivity contribution >= 4 is 0 Å². The number of hydrogen-bond acceptors (Lipinski definition) is 1. The van der Waals surface area contributed by atoms with Gasteiger partial charge in [-0.15, -0.1) is 0 Å². The molecule has 2 N–H and O–H groups in total. The van der Waals surface area contributed by atoms with Gasteiger partial charge in [0.15, 0.2) is 29.1 Å². The SMILES string of the molecule is Cc1ccc(C(N)c2cc(F)c(F)c(F)c2)c(F)c1F. The fourth-order valence-corrected chi connectivity index (χ4v) is 1.84. The zero-order valence-electron chi connectivity index (χ0n) is 10.4. The van der Waals surface area contributed by atoms with E-state index in [4.69, 9.17) is 5.73 Å². The standard InChI is InChI=1S/C14H10F5N/c1-6-2-3-8(12(18)11(6)17)14(20)7-4-9(15)13(19)10(16)5-7/h2-5,14H,20H2,1H3. The summed E-state index contributed by atoms with van der Waals surface area (Å²) in [6, 6.07) is 2.51. The van der Waals surface area contributed by atoms with E-state index >= 15 is 0 Å². The Bertz CT molecular complexity index is 646. The highest BCUT2D eigenvalue weighted by atomic mass is 19.2. The summed E-state index contributed by atoms with van der Waals surface area (Å²) < 4.78 is 66.3. The Labute approximate surface area is 111 Å². The second-order valence-corrected chi connectivity index (χ2v) is 4.38. The van der Waals surface area contributed by atoms with Gasteiger partial charge in [0.2, 0.25) is 0 Å². The molecule has 20 heavy (non-hydrogen) atoms. The summed E-state index contributed by atoms with van der Waals surface area (Å²) >= 11 is 0. The Balaban J connectivity index is 2.52. The fourth-order valence-electron chi connectivity index (χ4n) is 1.84. The molecule has 0 aliphatic carbocycles. The fraction of sp³-hybridized carbons (Fsp3) is 0.143. The Kier molecular flexibility index (Phi) is 3.76. The second kappa shape index (κ2) is 5.20. The molecule has 0 saturated carbocycles. The van der Waals surface area contributed by atoms with Gasteiger partial charge in [0.1, 0.15) is 0 Å². The molecule has 2 aromatic rings. The molecule has 0 bridgehead atoms. The van der Waals surface area contributed by atoms with Gasteiger partial charge < -0.3 is 5.73 Å². The largest absolute Gasteiger partial charge is 0.320 e. The maximum Gasteiger partial charge on any atom is 0.194 e. The topological polar surface area (TPSA) is 26.0 Å². The van der Waals surface area contributed by atoms with E-state index < -0.39 is 35.1 Å². The summed E-state index contributed by atoms with van der Waals surface area (Å²) in [5.41, 5.74) is 5.28. The molecule has 6 heteroatoms. The summed E-state index contributed by atoms with van der Waals surface area (Å²) in [6.07, 6.45) is 0. The molecule has 0 heterocycles. The zero-order valence-corrected chi connectivity index (χ0v) is 10.4. The molecule has 0 aliphatic heterocycles. The normalized spacial score (nSPS) is 12.6. The summed E-state index contributed by atoms with van der Waals surface area (Å²) in [5.74, 6) is -6.80. The van der Waals surface area contributed by atoms with Gasteiger partial charge in [0, 0.05) is 5.56 Å².